The molecular weight excluding hydrogens is 419 g/mol. The van der Waals surface area contributed by atoms with E-state index in [1.54, 1.807) is 18.3 Å². The van der Waals surface area contributed by atoms with E-state index in [9.17, 15) is 18.0 Å². The number of aromatic nitrogens is 3. The van der Waals surface area contributed by atoms with E-state index in [1.807, 2.05) is 19.0 Å². The van der Waals surface area contributed by atoms with Gasteiger partial charge in [-0.15, -0.1) is 0 Å². The Bertz CT molecular complexity index is 1010. The van der Waals surface area contributed by atoms with Crippen LogP contribution in [-0.2, 0) is 6.18 Å². The van der Waals surface area contributed by atoms with Crippen LogP contribution in [0, 0.1) is 0 Å². The standard InChI is InChI=1S/C19H18F3N5O2S/c1-27(2)9-10-29-14-7-8-23-15(11-14)16-24-18(30-26-16)25-17(28)12-3-5-13(6-4-12)19(20,21)22/h3-8,11H,9-10H2,1-2H3,(H,24,25,26,28). The number of carbonyl (C=O) groups is 1. The molecule has 0 bridgehead atoms. The van der Waals surface area contributed by atoms with Crippen LogP contribution in [0.5, 0.6) is 5.75 Å². The highest BCUT2D eigenvalue weighted by Crippen LogP contribution is 2.29. The average molecular weight is 437 g/mol. The first-order valence-electron chi connectivity index (χ1n) is 8.78. The number of likely N-dealkylation sites (N-methyl/N-ethyl adjacent to an activating group) is 1. The molecular formula is C19H18F3N5O2S. The molecule has 3 aromatic rings. The molecule has 0 radical (unpaired) electrons. The van der Waals surface area contributed by atoms with E-state index in [4.69, 9.17) is 4.74 Å². The number of alkyl halides is 3. The van der Waals surface area contributed by atoms with Crippen molar-refractivity contribution < 1.29 is 22.7 Å². The third-order valence-electron chi connectivity index (χ3n) is 3.89. The summed E-state index contributed by atoms with van der Waals surface area (Å²) in [4.78, 5) is 22.7. The summed E-state index contributed by atoms with van der Waals surface area (Å²) in [6.45, 7) is 1.27. The molecule has 1 aromatic carbocycles. The number of anilines is 1. The topological polar surface area (TPSA) is 80.2 Å². The predicted molar refractivity (Wildman–Crippen MR) is 107 cm³/mol. The maximum atomic E-state index is 12.6. The molecule has 0 unspecified atom stereocenters. The lowest BCUT2D eigenvalue weighted by Crippen LogP contribution is -2.19. The summed E-state index contributed by atoms with van der Waals surface area (Å²) >= 11 is 0.942. The second-order valence-corrected chi connectivity index (χ2v) is 7.23. The SMILES string of the molecule is CN(C)CCOc1ccnc(-c2nsc(NC(=O)c3ccc(C(F)(F)F)cc3)n2)c1. The van der Waals surface area contributed by atoms with Crippen molar-refractivity contribution >= 4 is 22.6 Å². The molecule has 0 aliphatic carbocycles. The molecule has 2 heterocycles. The fourth-order valence-electron chi connectivity index (χ4n) is 2.33. The Kier molecular flexibility index (Phi) is 6.63. The summed E-state index contributed by atoms with van der Waals surface area (Å²) in [7, 11) is 3.89. The van der Waals surface area contributed by atoms with Crippen LogP contribution in [-0.4, -0.2) is 52.4 Å². The molecule has 0 fully saturated rings. The summed E-state index contributed by atoms with van der Waals surface area (Å²) in [5, 5.41) is 2.73. The number of hydrogen-bond donors (Lipinski definition) is 1. The van der Waals surface area contributed by atoms with Crippen molar-refractivity contribution in [3.8, 4) is 17.3 Å². The van der Waals surface area contributed by atoms with Gasteiger partial charge in [-0.1, -0.05) is 0 Å². The molecule has 0 aliphatic rings. The van der Waals surface area contributed by atoms with Crippen molar-refractivity contribution in [2.24, 2.45) is 0 Å². The zero-order chi connectivity index (χ0) is 21.7. The predicted octanol–water partition coefficient (Wildman–Crippen LogP) is 3.81. The van der Waals surface area contributed by atoms with Gasteiger partial charge in [-0.3, -0.25) is 15.1 Å². The number of pyridine rings is 1. The molecule has 3 rings (SSSR count). The van der Waals surface area contributed by atoms with Gasteiger partial charge >= 0.3 is 6.18 Å². The van der Waals surface area contributed by atoms with E-state index < -0.39 is 17.6 Å². The van der Waals surface area contributed by atoms with E-state index in [1.165, 1.54) is 0 Å². The fraction of sp³-hybridized carbons (Fsp3) is 0.263. The normalized spacial score (nSPS) is 11.5. The van der Waals surface area contributed by atoms with Crippen molar-refractivity contribution in [2.45, 2.75) is 6.18 Å². The van der Waals surface area contributed by atoms with Crippen LogP contribution in [0.25, 0.3) is 11.5 Å². The van der Waals surface area contributed by atoms with Gasteiger partial charge < -0.3 is 9.64 Å². The molecule has 0 saturated carbocycles. The molecule has 1 N–H and O–H groups in total. The highest BCUT2D eigenvalue weighted by Gasteiger charge is 2.30. The molecule has 0 saturated heterocycles. The van der Waals surface area contributed by atoms with Crippen LogP contribution in [0.1, 0.15) is 15.9 Å². The van der Waals surface area contributed by atoms with Gasteiger partial charge in [0.1, 0.15) is 18.1 Å². The molecule has 0 aliphatic heterocycles. The highest BCUT2D eigenvalue weighted by atomic mass is 32.1. The molecule has 11 heteroatoms. The number of carbonyl (C=O) groups excluding carboxylic acids is 1. The third-order valence-corrected chi connectivity index (χ3v) is 4.52. The molecule has 158 valence electrons. The number of halogens is 3. The first-order valence-corrected chi connectivity index (χ1v) is 9.56. The zero-order valence-electron chi connectivity index (χ0n) is 16.1. The molecule has 2 aromatic heterocycles. The van der Waals surface area contributed by atoms with Crippen molar-refractivity contribution in [3.63, 3.8) is 0 Å². The number of benzene rings is 1. The molecule has 30 heavy (non-hydrogen) atoms. The quantitative estimate of drug-likeness (QED) is 0.606. The van der Waals surface area contributed by atoms with E-state index in [-0.39, 0.29) is 10.7 Å². The van der Waals surface area contributed by atoms with Crippen LogP contribution in [0.3, 0.4) is 0 Å². The number of hydrogen-bond acceptors (Lipinski definition) is 7. The third kappa shape index (κ3) is 5.74. The Morgan fingerprint density at radius 1 is 1.20 bits per heavy atom. The minimum absolute atomic E-state index is 0.0779. The first kappa shape index (κ1) is 21.7. The van der Waals surface area contributed by atoms with Crippen LogP contribution in [0.15, 0.2) is 42.6 Å². The minimum Gasteiger partial charge on any atom is -0.492 e. The van der Waals surface area contributed by atoms with E-state index in [0.29, 0.717) is 23.9 Å². The van der Waals surface area contributed by atoms with Gasteiger partial charge in [0.2, 0.25) is 5.13 Å². The molecule has 7 nitrogen and oxygen atoms in total. The van der Waals surface area contributed by atoms with Crippen molar-refractivity contribution in [3.05, 3.63) is 53.7 Å². The van der Waals surface area contributed by atoms with E-state index in [2.05, 4.69) is 19.7 Å². The Labute approximate surface area is 174 Å². The molecule has 1 amide bonds. The molecule has 0 spiro atoms. The monoisotopic (exact) mass is 437 g/mol. The van der Waals surface area contributed by atoms with Gasteiger partial charge in [0.15, 0.2) is 5.82 Å². The number of amides is 1. The largest absolute Gasteiger partial charge is 0.492 e. The smallest absolute Gasteiger partial charge is 0.416 e. The average Bonchev–Trinajstić information content (AvgIpc) is 3.16. The van der Waals surface area contributed by atoms with Crippen LogP contribution in [0.4, 0.5) is 18.3 Å². The number of rotatable bonds is 7. The van der Waals surface area contributed by atoms with Crippen molar-refractivity contribution in [1.82, 2.24) is 19.2 Å². The zero-order valence-corrected chi connectivity index (χ0v) is 16.9. The lowest BCUT2D eigenvalue weighted by molar-refractivity contribution is -0.137. The first-order chi connectivity index (χ1) is 14.2. The summed E-state index contributed by atoms with van der Waals surface area (Å²) in [6, 6.07) is 7.34. The highest BCUT2D eigenvalue weighted by molar-refractivity contribution is 7.10. The number of nitrogens with one attached hydrogen (secondary N) is 1. The van der Waals surface area contributed by atoms with Gasteiger partial charge in [0, 0.05) is 35.9 Å². The van der Waals surface area contributed by atoms with E-state index in [0.717, 1.165) is 42.3 Å². The van der Waals surface area contributed by atoms with Gasteiger partial charge in [-0.2, -0.15) is 22.5 Å². The van der Waals surface area contributed by atoms with Crippen molar-refractivity contribution in [2.75, 3.05) is 32.6 Å². The summed E-state index contributed by atoms with van der Waals surface area (Å²) in [5.74, 6) is 0.341. The van der Waals surface area contributed by atoms with Gasteiger partial charge in [0.25, 0.3) is 5.91 Å². The van der Waals surface area contributed by atoms with Gasteiger partial charge in [-0.05, 0) is 44.4 Å². The van der Waals surface area contributed by atoms with Crippen LogP contribution < -0.4 is 10.1 Å². The van der Waals surface area contributed by atoms with Crippen LogP contribution in [0.2, 0.25) is 0 Å². The van der Waals surface area contributed by atoms with Gasteiger partial charge in [-0.25, -0.2) is 0 Å². The maximum absolute atomic E-state index is 12.6. The minimum atomic E-state index is -4.46. The lowest BCUT2D eigenvalue weighted by atomic mass is 10.1. The summed E-state index contributed by atoms with van der Waals surface area (Å²) in [5.41, 5.74) is -0.270. The number of nitrogens with zero attached hydrogens (tertiary/aromatic N) is 4. The Hall–Kier alpha value is -3.05. The maximum Gasteiger partial charge on any atom is 0.416 e. The van der Waals surface area contributed by atoms with Crippen molar-refractivity contribution in [1.29, 1.82) is 0 Å². The van der Waals surface area contributed by atoms with Gasteiger partial charge in [0.05, 0.1) is 5.56 Å². The summed E-state index contributed by atoms with van der Waals surface area (Å²) in [6.07, 6.45) is -2.89. The Morgan fingerprint density at radius 3 is 2.60 bits per heavy atom. The Balaban J connectivity index is 1.65. The Morgan fingerprint density at radius 2 is 1.93 bits per heavy atom. The number of ether oxygens (including phenoxy) is 1. The molecule has 0 atom stereocenters. The second-order valence-electron chi connectivity index (χ2n) is 6.48. The van der Waals surface area contributed by atoms with E-state index >= 15 is 0 Å². The second kappa shape index (κ2) is 9.18. The fourth-order valence-corrected chi connectivity index (χ4v) is 2.90. The summed E-state index contributed by atoms with van der Waals surface area (Å²) < 4.78 is 47.7. The van der Waals surface area contributed by atoms with Crippen LogP contribution >= 0.6 is 11.5 Å². The lowest BCUT2D eigenvalue weighted by Gasteiger charge is -2.11.